The van der Waals surface area contributed by atoms with Gasteiger partial charge in [-0.3, -0.25) is 0 Å². The van der Waals surface area contributed by atoms with E-state index in [0.717, 1.165) is 11.1 Å². The van der Waals surface area contributed by atoms with E-state index < -0.39 is 5.60 Å². The first-order valence-corrected chi connectivity index (χ1v) is 7.43. The molecule has 0 aliphatic carbocycles. The highest BCUT2D eigenvalue weighted by molar-refractivity contribution is 5.72. The Morgan fingerprint density at radius 2 is 1.50 bits per heavy atom. The van der Waals surface area contributed by atoms with Crippen molar-refractivity contribution in [3.05, 3.63) is 35.9 Å². The molecule has 2 N–H and O–H groups in total. The van der Waals surface area contributed by atoms with Crippen LogP contribution in [0.1, 0.15) is 47.1 Å². The molecule has 2 nitrogen and oxygen atoms in total. The summed E-state index contributed by atoms with van der Waals surface area (Å²) in [5.74, 6) is 0.721. The topological polar surface area (TPSA) is 40.5 Å². The van der Waals surface area contributed by atoms with E-state index in [1.54, 1.807) is 6.07 Å². The lowest BCUT2D eigenvalue weighted by Gasteiger charge is -2.35. The number of rotatable bonds is 5. The fourth-order valence-electron chi connectivity index (χ4n) is 2.52. The van der Waals surface area contributed by atoms with Gasteiger partial charge in [0.05, 0.1) is 5.60 Å². The molecule has 0 amide bonds. The van der Waals surface area contributed by atoms with E-state index >= 15 is 0 Å². The van der Waals surface area contributed by atoms with Crippen molar-refractivity contribution in [2.75, 3.05) is 0 Å². The Kier molecular flexibility index (Phi) is 5.41. The second-order valence-electron chi connectivity index (χ2n) is 6.47. The Labute approximate surface area is 123 Å². The first-order chi connectivity index (χ1) is 9.20. The predicted molar refractivity (Wildman–Crippen MR) is 85.5 cm³/mol. The van der Waals surface area contributed by atoms with Crippen molar-refractivity contribution in [3.8, 4) is 5.75 Å². The number of allylic oxidation sites excluding steroid dienone is 1. The van der Waals surface area contributed by atoms with Gasteiger partial charge in [0.2, 0.25) is 0 Å². The predicted octanol–water partition coefficient (Wildman–Crippen LogP) is 4.47. The number of hydrogen-bond donors (Lipinski definition) is 2. The van der Waals surface area contributed by atoms with Gasteiger partial charge in [-0.2, -0.15) is 0 Å². The van der Waals surface area contributed by atoms with Crippen molar-refractivity contribution in [1.82, 2.24) is 0 Å². The average Bonchev–Trinajstić information content (AvgIpc) is 2.35. The van der Waals surface area contributed by atoms with E-state index in [2.05, 4.69) is 13.8 Å². The lowest BCUT2D eigenvalue weighted by atomic mass is 9.77. The molecule has 0 saturated heterocycles. The highest BCUT2D eigenvalue weighted by atomic mass is 16.3. The number of benzene rings is 1. The summed E-state index contributed by atoms with van der Waals surface area (Å²) in [7, 11) is 0. The maximum atomic E-state index is 11.0. The first kappa shape index (κ1) is 16.8. The second-order valence-corrected chi connectivity index (χ2v) is 6.47. The summed E-state index contributed by atoms with van der Waals surface area (Å²) in [6.45, 7) is 12.3. The van der Waals surface area contributed by atoms with E-state index in [4.69, 9.17) is 0 Å². The maximum Gasteiger partial charge on any atom is 0.123 e. The molecule has 0 spiro atoms. The zero-order valence-corrected chi connectivity index (χ0v) is 13.5. The third-order valence-corrected chi connectivity index (χ3v) is 4.07. The van der Waals surface area contributed by atoms with Crippen molar-refractivity contribution in [3.63, 3.8) is 0 Å². The fourth-order valence-corrected chi connectivity index (χ4v) is 2.52. The summed E-state index contributed by atoms with van der Waals surface area (Å²) in [5.41, 5.74) is 0.928. The van der Waals surface area contributed by atoms with Gasteiger partial charge in [0.15, 0.2) is 0 Å². The molecule has 0 atom stereocenters. The summed E-state index contributed by atoms with van der Waals surface area (Å²) in [6.07, 6.45) is 1.95. The molecule has 0 fully saturated rings. The van der Waals surface area contributed by atoms with Crippen molar-refractivity contribution >= 4 is 5.57 Å². The quantitative estimate of drug-likeness (QED) is 0.832. The van der Waals surface area contributed by atoms with Crippen molar-refractivity contribution in [2.45, 2.75) is 47.1 Å². The molecule has 0 radical (unpaired) electrons. The maximum absolute atomic E-state index is 11.0. The minimum atomic E-state index is -0.873. The molecular formula is C18H28O2. The van der Waals surface area contributed by atoms with Crippen LogP contribution in [0.25, 0.3) is 5.57 Å². The van der Waals surface area contributed by atoms with Crippen LogP contribution in [0.2, 0.25) is 0 Å². The van der Waals surface area contributed by atoms with Gasteiger partial charge in [-0.25, -0.2) is 0 Å². The summed E-state index contributed by atoms with van der Waals surface area (Å²) < 4.78 is 0. The van der Waals surface area contributed by atoms with Crippen LogP contribution in [-0.2, 0) is 0 Å². The monoisotopic (exact) mass is 276 g/mol. The largest absolute Gasteiger partial charge is 0.507 e. The molecule has 1 aromatic carbocycles. The number of aromatic hydroxyl groups is 1. The van der Waals surface area contributed by atoms with Crippen molar-refractivity contribution in [2.24, 2.45) is 17.8 Å². The Hall–Kier alpha value is -1.28. The minimum absolute atomic E-state index is 0.113. The molecule has 0 unspecified atom stereocenters. The van der Waals surface area contributed by atoms with Gasteiger partial charge in [-0.15, -0.1) is 0 Å². The van der Waals surface area contributed by atoms with Gasteiger partial charge in [-0.05, 0) is 35.5 Å². The van der Waals surface area contributed by atoms with E-state index in [9.17, 15) is 10.2 Å². The zero-order chi connectivity index (χ0) is 15.5. The van der Waals surface area contributed by atoms with Crippen LogP contribution in [0, 0.1) is 17.8 Å². The summed E-state index contributed by atoms with van der Waals surface area (Å²) in [5, 5.41) is 21.1. The molecule has 20 heavy (non-hydrogen) atoms. The second kappa shape index (κ2) is 6.45. The summed E-state index contributed by atoms with van der Waals surface area (Å²) in [6, 6.07) is 7.32. The number of aliphatic hydroxyl groups is 1. The Morgan fingerprint density at radius 3 is 1.90 bits per heavy atom. The van der Waals surface area contributed by atoms with Crippen LogP contribution in [0.3, 0.4) is 0 Å². The molecule has 0 heterocycles. The van der Waals surface area contributed by atoms with Gasteiger partial charge in [0.1, 0.15) is 5.75 Å². The zero-order valence-electron chi connectivity index (χ0n) is 13.5. The fraction of sp³-hybridized carbons (Fsp3) is 0.556. The molecular weight excluding hydrogens is 248 g/mol. The van der Waals surface area contributed by atoms with E-state index in [0.29, 0.717) is 0 Å². The molecule has 0 aromatic heterocycles. The molecule has 1 aromatic rings. The normalized spacial score (nSPS) is 13.6. The van der Waals surface area contributed by atoms with Crippen LogP contribution in [0.5, 0.6) is 5.75 Å². The first-order valence-electron chi connectivity index (χ1n) is 7.43. The summed E-state index contributed by atoms with van der Waals surface area (Å²) >= 11 is 0. The SMILES string of the molecule is CC(C)/C(=C/C(O)(C(C)C)C(C)C)c1ccccc1O. The molecule has 0 saturated carbocycles. The molecule has 2 heteroatoms. The molecule has 0 aliphatic heterocycles. The number of hydrogen-bond acceptors (Lipinski definition) is 2. The molecule has 1 rings (SSSR count). The molecule has 112 valence electrons. The molecule has 0 bridgehead atoms. The van der Waals surface area contributed by atoms with Crippen molar-refractivity contribution < 1.29 is 10.2 Å². The Morgan fingerprint density at radius 1 is 1.00 bits per heavy atom. The van der Waals surface area contributed by atoms with Gasteiger partial charge in [0, 0.05) is 5.56 Å². The van der Waals surface area contributed by atoms with E-state index in [-0.39, 0.29) is 23.5 Å². The lowest BCUT2D eigenvalue weighted by molar-refractivity contribution is -0.000134. The average molecular weight is 276 g/mol. The third-order valence-electron chi connectivity index (χ3n) is 4.07. The standard InChI is InChI=1S/C18H28O2/c1-12(2)16(15-9-7-8-10-17(15)19)11-18(20,13(3)4)14(5)6/h7-14,19-20H,1-6H3/b16-11-. The Balaban J connectivity index is 3.41. The highest BCUT2D eigenvalue weighted by Gasteiger charge is 2.33. The van der Waals surface area contributed by atoms with Crippen LogP contribution >= 0.6 is 0 Å². The minimum Gasteiger partial charge on any atom is -0.507 e. The van der Waals surface area contributed by atoms with Crippen molar-refractivity contribution in [1.29, 1.82) is 0 Å². The lowest BCUT2D eigenvalue weighted by Crippen LogP contribution is -2.39. The number of phenols is 1. The van der Waals surface area contributed by atoms with E-state index in [1.807, 2.05) is 52.0 Å². The highest BCUT2D eigenvalue weighted by Crippen LogP contribution is 2.36. The van der Waals surface area contributed by atoms with Crippen LogP contribution in [0.4, 0.5) is 0 Å². The number of phenolic OH excluding ortho intramolecular Hbond substituents is 1. The van der Waals surface area contributed by atoms with Gasteiger partial charge in [0.25, 0.3) is 0 Å². The van der Waals surface area contributed by atoms with Crippen LogP contribution in [-0.4, -0.2) is 15.8 Å². The van der Waals surface area contributed by atoms with Crippen LogP contribution in [0.15, 0.2) is 30.3 Å². The van der Waals surface area contributed by atoms with Gasteiger partial charge < -0.3 is 10.2 Å². The number of para-hydroxylation sites is 1. The van der Waals surface area contributed by atoms with Gasteiger partial charge in [-0.1, -0.05) is 59.7 Å². The molecule has 0 aliphatic rings. The van der Waals surface area contributed by atoms with E-state index in [1.165, 1.54) is 0 Å². The smallest absolute Gasteiger partial charge is 0.123 e. The van der Waals surface area contributed by atoms with Crippen LogP contribution < -0.4 is 0 Å². The van der Waals surface area contributed by atoms with Gasteiger partial charge >= 0.3 is 0 Å². The summed E-state index contributed by atoms with van der Waals surface area (Å²) in [4.78, 5) is 0. The Bertz CT molecular complexity index is 462. The third kappa shape index (κ3) is 3.43.